The molecule has 5 rings (SSSR count). The molecule has 5 aromatic rings. The van der Waals surface area contributed by atoms with E-state index in [-0.39, 0.29) is 0 Å². The Morgan fingerprint density at radius 3 is 2.60 bits per heavy atom. The summed E-state index contributed by atoms with van der Waals surface area (Å²) in [6.45, 7) is 0. The van der Waals surface area contributed by atoms with Gasteiger partial charge >= 0.3 is 0 Å². The molecule has 0 saturated carbocycles. The third-order valence-electron chi connectivity index (χ3n) is 4.52. The summed E-state index contributed by atoms with van der Waals surface area (Å²) in [5.74, 6) is 2.00. The lowest BCUT2D eigenvalue weighted by Crippen LogP contribution is -1.78. The molecule has 0 N–H and O–H groups in total. The Hall–Kier alpha value is -2.90. The van der Waals surface area contributed by atoms with Crippen molar-refractivity contribution in [3.8, 4) is 22.8 Å². The van der Waals surface area contributed by atoms with Crippen LogP contribution in [-0.4, -0.2) is 11.2 Å². The molecule has 2 heterocycles. The molecule has 0 fully saturated rings. The highest BCUT2D eigenvalue weighted by Crippen LogP contribution is 2.28. The highest BCUT2D eigenvalue weighted by Gasteiger charge is 2.09. The van der Waals surface area contributed by atoms with Crippen molar-refractivity contribution in [1.29, 1.82) is 0 Å². The third-order valence-corrected chi connectivity index (χ3v) is 5.43. The lowest BCUT2D eigenvalue weighted by Gasteiger charge is -1.97. The molecule has 0 saturated heterocycles. The number of aromatic nitrogens is 1. The lowest BCUT2D eigenvalue weighted by atomic mass is 10.2. The number of rotatable bonds is 4. The number of benzene rings is 3. The summed E-state index contributed by atoms with van der Waals surface area (Å²) in [6.07, 6.45) is 1.69. The number of aliphatic imine (C=N–C) groups is 1. The SMILES string of the molecule is Clc1cccc(-c2ccc(C=Nc3ccc4oc(-c5cccc(I)c5)nc4c3)o2)c1. The molecule has 0 aliphatic carbocycles. The van der Waals surface area contributed by atoms with Crippen molar-refractivity contribution >= 4 is 57.2 Å². The first-order valence-electron chi connectivity index (χ1n) is 9.20. The van der Waals surface area contributed by atoms with E-state index in [0.29, 0.717) is 16.7 Å². The second kappa shape index (κ2) is 8.08. The van der Waals surface area contributed by atoms with Crippen LogP contribution in [0.2, 0.25) is 5.02 Å². The standard InChI is InChI=1S/C24H14ClIN2O2/c25-17-5-1-3-15(11-17)22-10-8-20(29-22)14-27-19-7-9-23-21(13-19)28-24(30-23)16-4-2-6-18(26)12-16/h1-14H. The molecule has 0 radical (unpaired) electrons. The summed E-state index contributed by atoms with van der Waals surface area (Å²) >= 11 is 8.33. The molecular formula is C24H14ClIN2O2. The van der Waals surface area contributed by atoms with Gasteiger partial charge in [0.1, 0.15) is 17.0 Å². The monoisotopic (exact) mass is 524 g/mol. The van der Waals surface area contributed by atoms with Crippen LogP contribution in [0.25, 0.3) is 33.9 Å². The fraction of sp³-hybridized carbons (Fsp3) is 0. The largest absolute Gasteiger partial charge is 0.455 e. The van der Waals surface area contributed by atoms with E-state index in [1.807, 2.05) is 78.9 Å². The van der Waals surface area contributed by atoms with E-state index in [1.54, 1.807) is 6.21 Å². The van der Waals surface area contributed by atoms with Gasteiger partial charge in [0.2, 0.25) is 5.89 Å². The number of oxazole rings is 1. The van der Waals surface area contributed by atoms with Crippen LogP contribution in [0.15, 0.2) is 92.7 Å². The zero-order chi connectivity index (χ0) is 20.5. The number of halogens is 2. The summed E-state index contributed by atoms with van der Waals surface area (Å²) in [5.41, 5.74) is 4.13. The molecule has 2 aromatic heterocycles. The Kier molecular flexibility index (Phi) is 5.14. The maximum Gasteiger partial charge on any atom is 0.227 e. The minimum Gasteiger partial charge on any atom is -0.455 e. The minimum absolute atomic E-state index is 0.599. The first-order chi connectivity index (χ1) is 14.6. The average Bonchev–Trinajstić information content (AvgIpc) is 3.39. The third kappa shape index (κ3) is 4.04. The Morgan fingerprint density at radius 2 is 1.73 bits per heavy atom. The van der Waals surface area contributed by atoms with Crippen LogP contribution >= 0.6 is 34.2 Å². The number of furan rings is 1. The van der Waals surface area contributed by atoms with Gasteiger partial charge in [0.25, 0.3) is 0 Å². The molecule has 0 atom stereocenters. The summed E-state index contributed by atoms with van der Waals surface area (Å²) < 4.78 is 12.9. The van der Waals surface area contributed by atoms with Gasteiger partial charge in [-0.1, -0.05) is 29.8 Å². The Labute approximate surface area is 191 Å². The number of fused-ring (bicyclic) bond motifs is 1. The van der Waals surface area contributed by atoms with Crippen molar-refractivity contribution in [2.75, 3.05) is 0 Å². The lowest BCUT2D eigenvalue weighted by molar-refractivity contribution is 0.575. The first kappa shape index (κ1) is 19.1. The van der Waals surface area contributed by atoms with E-state index < -0.39 is 0 Å². The van der Waals surface area contributed by atoms with E-state index in [9.17, 15) is 0 Å². The number of nitrogens with zero attached hydrogens (tertiary/aromatic N) is 2. The van der Waals surface area contributed by atoms with Crippen LogP contribution in [0.1, 0.15) is 5.76 Å². The fourth-order valence-electron chi connectivity index (χ4n) is 3.10. The fourth-order valence-corrected chi connectivity index (χ4v) is 3.83. The van der Waals surface area contributed by atoms with E-state index in [2.05, 4.69) is 32.6 Å². The predicted octanol–water partition coefficient (Wildman–Crippen LogP) is 7.76. The average molecular weight is 525 g/mol. The molecule has 3 aromatic carbocycles. The van der Waals surface area contributed by atoms with Crippen molar-refractivity contribution in [2.45, 2.75) is 0 Å². The molecule has 0 bridgehead atoms. The van der Waals surface area contributed by atoms with Crippen LogP contribution in [-0.2, 0) is 0 Å². The van der Waals surface area contributed by atoms with Gasteiger partial charge in [-0.15, -0.1) is 0 Å². The highest BCUT2D eigenvalue weighted by molar-refractivity contribution is 14.1. The van der Waals surface area contributed by atoms with Crippen molar-refractivity contribution in [2.24, 2.45) is 4.99 Å². The Bertz CT molecular complexity index is 1390. The molecule has 0 aliphatic rings. The van der Waals surface area contributed by atoms with Gasteiger partial charge < -0.3 is 8.83 Å². The molecule has 4 nitrogen and oxygen atoms in total. The number of hydrogen-bond acceptors (Lipinski definition) is 4. The topological polar surface area (TPSA) is 51.5 Å². The minimum atomic E-state index is 0.599. The van der Waals surface area contributed by atoms with Gasteiger partial charge in [0.05, 0.1) is 11.9 Å². The number of hydrogen-bond donors (Lipinski definition) is 0. The summed E-state index contributed by atoms with van der Waals surface area (Å²) in [4.78, 5) is 9.13. The molecule has 30 heavy (non-hydrogen) atoms. The maximum absolute atomic E-state index is 6.06. The van der Waals surface area contributed by atoms with Gasteiger partial charge in [-0.3, -0.25) is 4.99 Å². The second-order valence-electron chi connectivity index (χ2n) is 6.65. The van der Waals surface area contributed by atoms with Crippen LogP contribution in [0.5, 0.6) is 0 Å². The molecule has 6 heteroatoms. The summed E-state index contributed by atoms with van der Waals surface area (Å²) in [7, 11) is 0. The van der Waals surface area contributed by atoms with Gasteiger partial charge in [-0.25, -0.2) is 4.98 Å². The quantitative estimate of drug-likeness (QED) is 0.178. The molecule has 146 valence electrons. The van der Waals surface area contributed by atoms with E-state index in [1.165, 1.54) is 0 Å². The molecule has 0 spiro atoms. The van der Waals surface area contributed by atoms with E-state index in [4.69, 9.17) is 20.4 Å². The molecule has 0 unspecified atom stereocenters. The molecule has 0 amide bonds. The van der Waals surface area contributed by atoms with Crippen LogP contribution in [0.3, 0.4) is 0 Å². The van der Waals surface area contributed by atoms with Crippen molar-refractivity contribution in [3.63, 3.8) is 0 Å². The van der Waals surface area contributed by atoms with Gasteiger partial charge in [-0.2, -0.15) is 0 Å². The smallest absolute Gasteiger partial charge is 0.227 e. The van der Waals surface area contributed by atoms with Crippen LogP contribution in [0.4, 0.5) is 5.69 Å². The summed E-state index contributed by atoms with van der Waals surface area (Å²) in [6, 6.07) is 25.0. The van der Waals surface area contributed by atoms with Gasteiger partial charge in [-0.05, 0) is 83.3 Å². The normalized spacial score (nSPS) is 11.5. The van der Waals surface area contributed by atoms with Crippen molar-refractivity contribution in [1.82, 2.24) is 4.98 Å². The van der Waals surface area contributed by atoms with Crippen molar-refractivity contribution in [3.05, 3.63) is 93.2 Å². The first-order valence-corrected chi connectivity index (χ1v) is 10.7. The molecule has 0 aliphatic heterocycles. The van der Waals surface area contributed by atoms with E-state index >= 15 is 0 Å². The Balaban J connectivity index is 1.40. The maximum atomic E-state index is 6.06. The van der Waals surface area contributed by atoms with E-state index in [0.717, 1.165) is 37.2 Å². The second-order valence-corrected chi connectivity index (χ2v) is 8.33. The predicted molar refractivity (Wildman–Crippen MR) is 129 cm³/mol. The van der Waals surface area contributed by atoms with Crippen molar-refractivity contribution < 1.29 is 8.83 Å². The van der Waals surface area contributed by atoms with Crippen LogP contribution < -0.4 is 0 Å². The van der Waals surface area contributed by atoms with Crippen LogP contribution in [0, 0.1) is 3.57 Å². The highest BCUT2D eigenvalue weighted by atomic mass is 127. The van der Waals surface area contributed by atoms with Gasteiger partial charge in [0.15, 0.2) is 5.58 Å². The zero-order valence-electron chi connectivity index (χ0n) is 15.5. The zero-order valence-corrected chi connectivity index (χ0v) is 18.5. The Morgan fingerprint density at radius 1 is 0.867 bits per heavy atom. The van der Waals surface area contributed by atoms with Gasteiger partial charge in [0, 0.05) is 19.7 Å². The summed E-state index contributed by atoms with van der Waals surface area (Å²) in [5, 5.41) is 0.671. The molecular weight excluding hydrogens is 511 g/mol.